The zero-order valence-corrected chi connectivity index (χ0v) is 12.6. The lowest BCUT2D eigenvalue weighted by Crippen LogP contribution is -2.21. The summed E-state index contributed by atoms with van der Waals surface area (Å²) in [5, 5.41) is 0.592. The fourth-order valence-corrected chi connectivity index (χ4v) is 3.13. The first-order valence-electron chi connectivity index (χ1n) is 6.83. The summed E-state index contributed by atoms with van der Waals surface area (Å²) in [6, 6.07) is 7.77. The average molecular weight is 303 g/mol. The van der Waals surface area contributed by atoms with Crippen LogP contribution in [0.3, 0.4) is 0 Å². The molecule has 21 heavy (non-hydrogen) atoms. The summed E-state index contributed by atoms with van der Waals surface area (Å²) < 4.78 is 5.34. The molecule has 3 rings (SSSR count). The van der Waals surface area contributed by atoms with Crippen LogP contribution in [0.25, 0.3) is 0 Å². The van der Waals surface area contributed by atoms with Gasteiger partial charge in [0.05, 0.1) is 12.0 Å². The quantitative estimate of drug-likeness (QED) is 0.927. The lowest BCUT2D eigenvalue weighted by Gasteiger charge is -2.15. The van der Waals surface area contributed by atoms with Crippen molar-refractivity contribution in [1.82, 2.24) is 15.0 Å². The standard InChI is InChI=1S/C14H17N5OS/c1-20-10-6-2-3-7-11(10)21-14-17-12(15)16-13(18-14)19-8-4-5-9-19/h2-3,6-7H,4-5,8-9H2,1H3,(H2,15,16,17,18). The minimum Gasteiger partial charge on any atom is -0.496 e. The third kappa shape index (κ3) is 3.18. The van der Waals surface area contributed by atoms with Crippen molar-refractivity contribution in [1.29, 1.82) is 0 Å². The molecule has 0 radical (unpaired) electrons. The molecule has 0 amide bonds. The first kappa shape index (κ1) is 13.9. The number of rotatable bonds is 4. The minimum absolute atomic E-state index is 0.254. The van der Waals surface area contributed by atoms with Gasteiger partial charge in [-0.3, -0.25) is 0 Å². The fourth-order valence-electron chi connectivity index (χ4n) is 2.27. The van der Waals surface area contributed by atoms with Gasteiger partial charge in [0.1, 0.15) is 5.75 Å². The highest BCUT2D eigenvalue weighted by Crippen LogP contribution is 2.33. The van der Waals surface area contributed by atoms with Gasteiger partial charge in [0.15, 0.2) is 5.16 Å². The maximum atomic E-state index is 5.82. The van der Waals surface area contributed by atoms with Crippen LogP contribution in [-0.4, -0.2) is 35.2 Å². The van der Waals surface area contributed by atoms with E-state index >= 15 is 0 Å². The number of nitrogen functional groups attached to an aromatic ring is 1. The molecule has 2 N–H and O–H groups in total. The molecule has 1 fully saturated rings. The normalized spacial score (nSPS) is 14.4. The molecule has 1 aliphatic heterocycles. The van der Waals surface area contributed by atoms with Crippen LogP contribution in [0, 0.1) is 0 Å². The van der Waals surface area contributed by atoms with Crippen molar-refractivity contribution >= 4 is 23.7 Å². The van der Waals surface area contributed by atoms with E-state index in [1.807, 2.05) is 24.3 Å². The molecule has 2 aromatic rings. The number of hydrogen-bond donors (Lipinski definition) is 1. The number of hydrogen-bond acceptors (Lipinski definition) is 7. The smallest absolute Gasteiger partial charge is 0.231 e. The third-order valence-corrected chi connectivity index (χ3v) is 4.20. The van der Waals surface area contributed by atoms with Gasteiger partial charge >= 0.3 is 0 Å². The zero-order valence-electron chi connectivity index (χ0n) is 11.8. The maximum absolute atomic E-state index is 5.82. The molecule has 0 spiro atoms. The van der Waals surface area contributed by atoms with Crippen LogP contribution in [0.2, 0.25) is 0 Å². The summed E-state index contributed by atoms with van der Waals surface area (Å²) >= 11 is 1.43. The fraction of sp³-hybridized carbons (Fsp3) is 0.357. The maximum Gasteiger partial charge on any atom is 0.231 e. The SMILES string of the molecule is COc1ccccc1Sc1nc(N)nc(N2CCCC2)n1. The lowest BCUT2D eigenvalue weighted by atomic mass is 10.3. The molecule has 0 atom stereocenters. The molecular formula is C14H17N5OS. The molecule has 6 nitrogen and oxygen atoms in total. The monoisotopic (exact) mass is 303 g/mol. The largest absolute Gasteiger partial charge is 0.496 e. The summed E-state index contributed by atoms with van der Waals surface area (Å²) in [6.07, 6.45) is 2.33. The van der Waals surface area contributed by atoms with Crippen LogP contribution >= 0.6 is 11.8 Å². The Morgan fingerprint density at radius 2 is 1.90 bits per heavy atom. The Hall–Kier alpha value is -2.02. The Labute approximate surface area is 127 Å². The van der Waals surface area contributed by atoms with Gasteiger partial charge in [0.25, 0.3) is 0 Å². The van der Waals surface area contributed by atoms with E-state index in [1.54, 1.807) is 7.11 Å². The number of aromatic nitrogens is 3. The summed E-state index contributed by atoms with van der Waals surface area (Å²) in [4.78, 5) is 16.1. The minimum atomic E-state index is 0.254. The average Bonchev–Trinajstić information content (AvgIpc) is 3.01. The van der Waals surface area contributed by atoms with Gasteiger partial charge in [-0.1, -0.05) is 12.1 Å². The van der Waals surface area contributed by atoms with E-state index in [1.165, 1.54) is 24.6 Å². The van der Waals surface area contributed by atoms with Gasteiger partial charge in [0.2, 0.25) is 11.9 Å². The molecule has 1 saturated heterocycles. The molecule has 2 heterocycles. The van der Waals surface area contributed by atoms with Crippen LogP contribution < -0.4 is 15.4 Å². The van der Waals surface area contributed by atoms with Crippen LogP contribution in [0.4, 0.5) is 11.9 Å². The highest BCUT2D eigenvalue weighted by atomic mass is 32.2. The Balaban J connectivity index is 1.88. The molecule has 0 saturated carbocycles. The zero-order chi connectivity index (χ0) is 14.7. The van der Waals surface area contributed by atoms with E-state index in [0.29, 0.717) is 11.1 Å². The van der Waals surface area contributed by atoms with E-state index in [0.717, 1.165) is 23.7 Å². The van der Waals surface area contributed by atoms with E-state index in [4.69, 9.17) is 10.5 Å². The van der Waals surface area contributed by atoms with Gasteiger partial charge in [-0.15, -0.1) is 0 Å². The number of ether oxygens (including phenoxy) is 1. The summed E-state index contributed by atoms with van der Waals surface area (Å²) in [7, 11) is 1.65. The molecule has 1 aromatic heterocycles. The molecule has 0 bridgehead atoms. The topological polar surface area (TPSA) is 77.2 Å². The molecule has 7 heteroatoms. The highest BCUT2D eigenvalue weighted by Gasteiger charge is 2.17. The molecule has 0 aliphatic carbocycles. The van der Waals surface area contributed by atoms with Gasteiger partial charge in [-0.25, -0.2) is 0 Å². The second-order valence-corrected chi connectivity index (χ2v) is 5.73. The molecular weight excluding hydrogens is 286 g/mol. The van der Waals surface area contributed by atoms with Gasteiger partial charge in [-0.05, 0) is 36.7 Å². The predicted octanol–water partition coefficient (Wildman–Crippen LogP) is 2.21. The van der Waals surface area contributed by atoms with Crippen molar-refractivity contribution < 1.29 is 4.74 Å². The number of methoxy groups -OCH3 is 1. The molecule has 0 unspecified atom stereocenters. The Morgan fingerprint density at radius 1 is 1.14 bits per heavy atom. The second-order valence-electron chi connectivity index (χ2n) is 4.72. The van der Waals surface area contributed by atoms with Crippen LogP contribution in [0.1, 0.15) is 12.8 Å². The van der Waals surface area contributed by atoms with Crippen molar-refractivity contribution in [3.8, 4) is 5.75 Å². The van der Waals surface area contributed by atoms with Crippen LogP contribution in [0.5, 0.6) is 5.75 Å². The predicted molar refractivity (Wildman–Crippen MR) is 82.8 cm³/mol. The van der Waals surface area contributed by atoms with Crippen LogP contribution in [0.15, 0.2) is 34.3 Å². The van der Waals surface area contributed by atoms with Crippen LogP contribution in [-0.2, 0) is 0 Å². The summed E-state index contributed by atoms with van der Waals surface area (Å²) in [5.41, 5.74) is 5.82. The number of benzene rings is 1. The Bertz CT molecular complexity index is 631. The molecule has 1 aliphatic rings. The van der Waals surface area contributed by atoms with E-state index in [2.05, 4.69) is 19.9 Å². The van der Waals surface area contributed by atoms with Crippen molar-refractivity contribution in [2.45, 2.75) is 22.9 Å². The number of anilines is 2. The van der Waals surface area contributed by atoms with Crippen molar-refractivity contribution in [2.75, 3.05) is 30.8 Å². The van der Waals surface area contributed by atoms with Crippen molar-refractivity contribution in [3.05, 3.63) is 24.3 Å². The summed E-state index contributed by atoms with van der Waals surface area (Å²) in [5.74, 6) is 1.71. The number of para-hydroxylation sites is 1. The summed E-state index contributed by atoms with van der Waals surface area (Å²) in [6.45, 7) is 1.95. The molecule has 1 aromatic carbocycles. The number of nitrogens with zero attached hydrogens (tertiary/aromatic N) is 4. The Kier molecular flexibility index (Phi) is 4.10. The second kappa shape index (κ2) is 6.17. The van der Waals surface area contributed by atoms with E-state index in [-0.39, 0.29) is 5.95 Å². The Morgan fingerprint density at radius 3 is 2.67 bits per heavy atom. The first-order chi connectivity index (χ1) is 10.3. The highest BCUT2D eigenvalue weighted by molar-refractivity contribution is 7.99. The van der Waals surface area contributed by atoms with Gasteiger partial charge in [-0.2, -0.15) is 15.0 Å². The first-order valence-corrected chi connectivity index (χ1v) is 7.65. The van der Waals surface area contributed by atoms with E-state index < -0.39 is 0 Å². The lowest BCUT2D eigenvalue weighted by molar-refractivity contribution is 0.405. The number of nitrogens with two attached hydrogens (primary N) is 1. The molecule has 110 valence electrons. The van der Waals surface area contributed by atoms with Gasteiger partial charge in [0, 0.05) is 13.1 Å². The van der Waals surface area contributed by atoms with E-state index in [9.17, 15) is 0 Å². The third-order valence-electron chi connectivity index (χ3n) is 3.28. The van der Waals surface area contributed by atoms with Crippen molar-refractivity contribution in [2.24, 2.45) is 0 Å². The van der Waals surface area contributed by atoms with Gasteiger partial charge < -0.3 is 15.4 Å². The van der Waals surface area contributed by atoms with Crippen molar-refractivity contribution in [3.63, 3.8) is 0 Å².